The van der Waals surface area contributed by atoms with E-state index in [0.29, 0.717) is 6.42 Å². The summed E-state index contributed by atoms with van der Waals surface area (Å²) in [5.74, 6) is -0.752. The minimum Gasteiger partial charge on any atom is -0.481 e. The van der Waals surface area contributed by atoms with Gasteiger partial charge >= 0.3 is 5.97 Å². The highest BCUT2D eigenvalue weighted by atomic mass is 32.1. The quantitative estimate of drug-likeness (QED) is 0.749. The molecule has 0 spiro atoms. The number of hydrogen-bond acceptors (Lipinski definition) is 3. The van der Waals surface area contributed by atoms with Gasteiger partial charge in [-0.3, -0.25) is 4.79 Å². The minimum atomic E-state index is -0.752. The van der Waals surface area contributed by atoms with Crippen LogP contribution in [0.25, 0.3) is 0 Å². The fourth-order valence-electron chi connectivity index (χ4n) is 0.776. The Balaban J connectivity index is 2.51. The third-order valence-electron chi connectivity index (χ3n) is 1.42. The van der Waals surface area contributed by atoms with Crippen molar-refractivity contribution >= 4 is 17.5 Å². The lowest BCUT2D eigenvalue weighted by atomic mass is 10.2. The van der Waals surface area contributed by atoms with Crippen molar-refractivity contribution in [3.8, 4) is 0 Å². The fraction of sp³-hybridized carbons (Fsp3) is 0.429. The van der Waals surface area contributed by atoms with Gasteiger partial charge < -0.3 is 5.11 Å². The van der Waals surface area contributed by atoms with Crippen LogP contribution in [0.1, 0.15) is 16.9 Å². The van der Waals surface area contributed by atoms with E-state index in [1.165, 1.54) is 11.5 Å². The van der Waals surface area contributed by atoms with Crippen LogP contribution in [0.3, 0.4) is 0 Å². The molecule has 0 atom stereocenters. The molecule has 0 radical (unpaired) electrons. The van der Waals surface area contributed by atoms with Crippen molar-refractivity contribution in [3.05, 3.63) is 16.6 Å². The highest BCUT2D eigenvalue weighted by molar-refractivity contribution is 7.05. The summed E-state index contributed by atoms with van der Waals surface area (Å²) in [6, 6.07) is 0. The number of carboxylic acid groups (broad SMARTS) is 1. The zero-order valence-corrected chi connectivity index (χ0v) is 7.02. The Morgan fingerprint density at radius 1 is 1.82 bits per heavy atom. The average molecular weight is 171 g/mol. The van der Waals surface area contributed by atoms with Crippen LogP contribution >= 0.6 is 11.5 Å². The molecule has 1 aromatic heterocycles. The fourth-order valence-corrected chi connectivity index (χ4v) is 1.50. The number of aliphatic carboxylic acids is 1. The van der Waals surface area contributed by atoms with Crippen LogP contribution in [0.4, 0.5) is 0 Å². The Kier molecular flexibility index (Phi) is 2.59. The highest BCUT2D eigenvalue weighted by Crippen LogP contribution is 2.13. The molecule has 0 aliphatic rings. The molecule has 3 nitrogen and oxygen atoms in total. The zero-order chi connectivity index (χ0) is 8.27. The van der Waals surface area contributed by atoms with Crippen LogP contribution in [0.15, 0.2) is 6.20 Å². The standard InChI is InChI=1S/C7H9NO2S/c1-5-4-8-11-6(5)2-3-7(9)10/h4H,2-3H2,1H3,(H,9,10). The van der Waals surface area contributed by atoms with E-state index in [1.54, 1.807) is 6.20 Å². The summed E-state index contributed by atoms with van der Waals surface area (Å²) < 4.78 is 3.95. The van der Waals surface area contributed by atoms with Crippen molar-refractivity contribution in [2.45, 2.75) is 19.8 Å². The van der Waals surface area contributed by atoms with E-state index in [0.717, 1.165) is 10.4 Å². The average Bonchev–Trinajstić information content (AvgIpc) is 2.31. The predicted molar refractivity (Wildman–Crippen MR) is 42.8 cm³/mol. The van der Waals surface area contributed by atoms with Gasteiger partial charge in [0.15, 0.2) is 0 Å². The number of carboxylic acids is 1. The Bertz CT molecular complexity index is 257. The second-order valence-electron chi connectivity index (χ2n) is 2.33. The van der Waals surface area contributed by atoms with E-state index >= 15 is 0 Å². The maximum Gasteiger partial charge on any atom is 0.303 e. The normalized spacial score (nSPS) is 9.91. The van der Waals surface area contributed by atoms with Gasteiger partial charge in [-0.15, -0.1) is 0 Å². The topological polar surface area (TPSA) is 50.2 Å². The number of nitrogens with zero attached hydrogens (tertiary/aromatic N) is 1. The van der Waals surface area contributed by atoms with Gasteiger partial charge in [-0.2, -0.15) is 0 Å². The summed E-state index contributed by atoms with van der Waals surface area (Å²) in [5, 5.41) is 8.39. The molecule has 0 amide bonds. The summed E-state index contributed by atoms with van der Waals surface area (Å²) in [6.07, 6.45) is 2.57. The molecular formula is C7H9NO2S. The van der Waals surface area contributed by atoms with Gasteiger partial charge in [0.1, 0.15) is 0 Å². The Hall–Kier alpha value is -0.900. The molecule has 60 valence electrons. The lowest BCUT2D eigenvalue weighted by molar-refractivity contribution is -0.136. The van der Waals surface area contributed by atoms with Gasteiger partial charge in [0, 0.05) is 11.1 Å². The van der Waals surface area contributed by atoms with Crippen LogP contribution in [0, 0.1) is 6.92 Å². The molecule has 1 rings (SSSR count). The zero-order valence-electron chi connectivity index (χ0n) is 6.20. The Morgan fingerprint density at radius 3 is 3.00 bits per heavy atom. The monoisotopic (exact) mass is 171 g/mol. The lowest BCUT2D eigenvalue weighted by Gasteiger charge is -1.92. The highest BCUT2D eigenvalue weighted by Gasteiger charge is 2.03. The summed E-state index contributed by atoms with van der Waals surface area (Å²) in [4.78, 5) is 11.3. The van der Waals surface area contributed by atoms with E-state index in [4.69, 9.17) is 5.11 Å². The van der Waals surface area contributed by atoms with E-state index in [-0.39, 0.29) is 6.42 Å². The van der Waals surface area contributed by atoms with E-state index in [9.17, 15) is 4.79 Å². The molecular weight excluding hydrogens is 162 g/mol. The first-order chi connectivity index (χ1) is 5.20. The van der Waals surface area contributed by atoms with E-state index in [1.807, 2.05) is 6.92 Å². The molecule has 1 aromatic rings. The van der Waals surface area contributed by atoms with Crippen molar-refractivity contribution in [2.24, 2.45) is 0 Å². The molecule has 1 N–H and O–H groups in total. The first-order valence-electron chi connectivity index (χ1n) is 3.32. The summed E-state index contributed by atoms with van der Waals surface area (Å²) in [6.45, 7) is 1.95. The Labute approximate surface area is 68.8 Å². The van der Waals surface area contributed by atoms with Crippen LogP contribution in [0.2, 0.25) is 0 Å². The second-order valence-corrected chi connectivity index (χ2v) is 3.21. The number of hydrogen-bond donors (Lipinski definition) is 1. The maximum absolute atomic E-state index is 10.2. The smallest absolute Gasteiger partial charge is 0.303 e. The summed E-state index contributed by atoms with van der Waals surface area (Å²) in [7, 11) is 0. The maximum atomic E-state index is 10.2. The van der Waals surface area contributed by atoms with E-state index in [2.05, 4.69) is 4.37 Å². The minimum absolute atomic E-state index is 0.197. The third kappa shape index (κ3) is 2.31. The van der Waals surface area contributed by atoms with Crippen LogP contribution < -0.4 is 0 Å². The lowest BCUT2D eigenvalue weighted by Crippen LogP contribution is -1.96. The number of aromatic nitrogens is 1. The molecule has 0 fully saturated rings. The third-order valence-corrected chi connectivity index (χ3v) is 2.37. The van der Waals surface area contributed by atoms with Gasteiger partial charge in [-0.1, -0.05) is 0 Å². The molecule has 1 heterocycles. The molecule has 0 aliphatic heterocycles. The molecule has 0 unspecified atom stereocenters. The number of rotatable bonds is 3. The number of aryl methyl sites for hydroxylation is 2. The largest absolute Gasteiger partial charge is 0.481 e. The van der Waals surface area contributed by atoms with Crippen molar-refractivity contribution in [3.63, 3.8) is 0 Å². The van der Waals surface area contributed by atoms with Gasteiger partial charge in [0.2, 0.25) is 0 Å². The predicted octanol–water partition coefficient (Wildman–Crippen LogP) is 1.47. The summed E-state index contributed by atoms with van der Waals surface area (Å²) in [5.41, 5.74) is 1.09. The first kappa shape index (κ1) is 8.20. The summed E-state index contributed by atoms with van der Waals surface area (Å²) >= 11 is 1.38. The van der Waals surface area contributed by atoms with Crippen LogP contribution in [0.5, 0.6) is 0 Å². The Morgan fingerprint density at radius 2 is 2.55 bits per heavy atom. The molecule has 0 bridgehead atoms. The van der Waals surface area contributed by atoms with Crippen LogP contribution in [-0.2, 0) is 11.2 Å². The van der Waals surface area contributed by atoms with Crippen molar-refractivity contribution in [2.75, 3.05) is 0 Å². The first-order valence-corrected chi connectivity index (χ1v) is 4.09. The number of carbonyl (C=O) groups is 1. The molecule has 11 heavy (non-hydrogen) atoms. The second kappa shape index (κ2) is 3.48. The van der Waals surface area contributed by atoms with Crippen molar-refractivity contribution in [1.29, 1.82) is 0 Å². The van der Waals surface area contributed by atoms with Gasteiger partial charge in [0.05, 0.1) is 6.42 Å². The SMILES string of the molecule is Cc1cnsc1CCC(=O)O. The molecule has 0 saturated carbocycles. The van der Waals surface area contributed by atoms with Gasteiger partial charge in [0.25, 0.3) is 0 Å². The van der Waals surface area contributed by atoms with Gasteiger partial charge in [-0.25, -0.2) is 4.37 Å². The molecule has 4 heteroatoms. The molecule has 0 aliphatic carbocycles. The molecule has 0 aromatic carbocycles. The van der Waals surface area contributed by atoms with E-state index < -0.39 is 5.97 Å². The van der Waals surface area contributed by atoms with Gasteiger partial charge in [-0.05, 0) is 30.4 Å². The molecule has 0 saturated heterocycles. The van der Waals surface area contributed by atoms with Crippen molar-refractivity contribution in [1.82, 2.24) is 4.37 Å². The van der Waals surface area contributed by atoms with Crippen LogP contribution in [-0.4, -0.2) is 15.4 Å². The van der Waals surface area contributed by atoms with Crippen molar-refractivity contribution < 1.29 is 9.90 Å².